The van der Waals surface area contributed by atoms with E-state index in [0.29, 0.717) is 11.1 Å². The molecule has 2 aromatic carbocycles. The smallest absolute Gasteiger partial charge is 0.310 e. The van der Waals surface area contributed by atoms with Gasteiger partial charge in [-0.05, 0) is 41.5 Å². The molecule has 2 aromatic rings. The van der Waals surface area contributed by atoms with Crippen LogP contribution in [-0.2, 0) is 26.0 Å². The fraction of sp³-hybridized carbons (Fsp3) is 0.158. The Kier molecular flexibility index (Phi) is 5.39. The van der Waals surface area contributed by atoms with Crippen LogP contribution in [0.25, 0.3) is 6.08 Å². The van der Waals surface area contributed by atoms with Gasteiger partial charge in [-0.3, -0.25) is 9.59 Å². The minimum atomic E-state index is -3.97. The summed E-state index contributed by atoms with van der Waals surface area (Å²) in [6.07, 6.45) is 1.84. The number of benzene rings is 2. The van der Waals surface area contributed by atoms with Crippen LogP contribution >= 0.6 is 0 Å². The molecule has 3 rings (SSSR count). The molecule has 2 N–H and O–H groups in total. The molecule has 0 aromatic heterocycles. The highest BCUT2D eigenvalue weighted by Crippen LogP contribution is 2.33. The van der Waals surface area contributed by atoms with Gasteiger partial charge in [-0.15, -0.1) is 0 Å². The zero-order chi connectivity index (χ0) is 20.5. The van der Waals surface area contributed by atoms with Gasteiger partial charge in [-0.2, -0.15) is 4.72 Å². The molecule has 0 radical (unpaired) electrons. The third kappa shape index (κ3) is 4.15. The number of nitrogens with one attached hydrogen (secondary N) is 1. The van der Waals surface area contributed by atoms with E-state index < -0.39 is 52.3 Å². The van der Waals surface area contributed by atoms with Crippen molar-refractivity contribution in [2.75, 3.05) is 0 Å². The molecule has 0 saturated carbocycles. The molecule has 0 fully saturated rings. The third-order valence-corrected chi connectivity index (χ3v) is 5.71. The summed E-state index contributed by atoms with van der Waals surface area (Å²) in [4.78, 5) is 22.3. The maximum atomic E-state index is 14.2. The lowest BCUT2D eigenvalue weighted by Gasteiger charge is -2.16. The lowest BCUT2D eigenvalue weighted by atomic mass is 9.97. The SMILES string of the molecule is O=C(O)CC(=O)Cc1c(F)ccc2c1C=CC2NS(=O)(=O)c1ccc(F)cc1. The molecule has 0 aliphatic heterocycles. The minimum absolute atomic E-state index is 0.0171. The van der Waals surface area contributed by atoms with Gasteiger partial charge in [0.25, 0.3) is 0 Å². The average molecular weight is 407 g/mol. The number of ketones is 1. The molecule has 1 atom stereocenters. The van der Waals surface area contributed by atoms with E-state index in [1.165, 1.54) is 18.2 Å². The van der Waals surface area contributed by atoms with Crippen LogP contribution in [0.4, 0.5) is 8.78 Å². The molecule has 0 amide bonds. The molecule has 0 heterocycles. The summed E-state index contributed by atoms with van der Waals surface area (Å²) < 4.78 is 54.7. The number of carbonyl (C=O) groups excluding carboxylic acids is 1. The Balaban J connectivity index is 1.87. The van der Waals surface area contributed by atoms with E-state index >= 15 is 0 Å². The van der Waals surface area contributed by atoms with Crippen molar-refractivity contribution in [1.29, 1.82) is 0 Å². The van der Waals surface area contributed by atoms with Gasteiger partial charge in [0, 0.05) is 12.0 Å². The van der Waals surface area contributed by atoms with E-state index in [-0.39, 0.29) is 10.5 Å². The van der Waals surface area contributed by atoms with Crippen molar-refractivity contribution < 1.29 is 31.9 Å². The Bertz CT molecular complexity index is 1080. The van der Waals surface area contributed by atoms with Crippen LogP contribution in [0.2, 0.25) is 0 Å². The molecule has 9 heteroatoms. The number of Topliss-reactive ketones (excluding diaryl/α,β-unsaturated/α-hetero) is 1. The van der Waals surface area contributed by atoms with Crippen LogP contribution in [0.1, 0.15) is 29.2 Å². The normalized spacial score (nSPS) is 15.4. The van der Waals surface area contributed by atoms with Crippen LogP contribution in [0.15, 0.2) is 47.4 Å². The highest BCUT2D eigenvalue weighted by atomic mass is 32.2. The van der Waals surface area contributed by atoms with Crippen molar-refractivity contribution >= 4 is 27.9 Å². The summed E-state index contributed by atoms with van der Waals surface area (Å²) in [5.41, 5.74) is 0.791. The van der Waals surface area contributed by atoms with Crippen molar-refractivity contribution in [3.8, 4) is 0 Å². The summed E-state index contributed by atoms with van der Waals surface area (Å²) >= 11 is 0. The molecule has 1 aliphatic carbocycles. The fourth-order valence-corrected chi connectivity index (χ4v) is 4.15. The number of hydrogen-bond donors (Lipinski definition) is 2. The van der Waals surface area contributed by atoms with Gasteiger partial charge in [0.1, 0.15) is 23.8 Å². The first kappa shape index (κ1) is 19.8. The molecule has 28 heavy (non-hydrogen) atoms. The number of rotatable bonds is 7. The fourth-order valence-electron chi connectivity index (χ4n) is 2.98. The van der Waals surface area contributed by atoms with Gasteiger partial charge in [0.2, 0.25) is 10.0 Å². The maximum Gasteiger partial charge on any atom is 0.310 e. The van der Waals surface area contributed by atoms with Crippen molar-refractivity contribution in [1.82, 2.24) is 4.72 Å². The molecule has 146 valence electrons. The van der Waals surface area contributed by atoms with Gasteiger partial charge in [-0.25, -0.2) is 17.2 Å². The number of aliphatic carboxylic acids is 1. The summed E-state index contributed by atoms with van der Waals surface area (Å²) in [6, 6.07) is 5.99. The average Bonchev–Trinajstić information content (AvgIpc) is 2.99. The van der Waals surface area contributed by atoms with Gasteiger partial charge < -0.3 is 5.11 Å². The molecule has 0 spiro atoms. The standard InChI is InChI=1S/C19H15F2NO5S/c20-11-1-3-13(4-2-11)28(26,27)22-18-8-6-14-15(18)5-7-17(21)16(14)9-12(23)10-19(24)25/h1-8,18,22H,9-10H2,(H,24,25). The van der Waals surface area contributed by atoms with Gasteiger partial charge >= 0.3 is 5.97 Å². The van der Waals surface area contributed by atoms with Crippen molar-refractivity contribution in [2.45, 2.75) is 23.8 Å². The topological polar surface area (TPSA) is 101 Å². The number of sulfonamides is 1. The number of carboxylic acids is 1. The number of carboxylic acid groups (broad SMARTS) is 1. The zero-order valence-corrected chi connectivity index (χ0v) is 15.2. The first-order chi connectivity index (χ1) is 13.2. The highest BCUT2D eigenvalue weighted by Gasteiger charge is 2.27. The molecular formula is C19H15F2NO5S. The Labute approximate surface area is 159 Å². The lowest BCUT2D eigenvalue weighted by Crippen LogP contribution is -2.27. The third-order valence-electron chi connectivity index (χ3n) is 4.25. The second kappa shape index (κ2) is 7.61. The zero-order valence-electron chi connectivity index (χ0n) is 14.4. The highest BCUT2D eigenvalue weighted by molar-refractivity contribution is 7.89. The molecule has 1 unspecified atom stereocenters. The second-order valence-corrected chi connectivity index (χ2v) is 7.94. The van der Waals surface area contributed by atoms with Crippen LogP contribution in [0, 0.1) is 11.6 Å². The Hall–Kier alpha value is -2.91. The molecule has 0 bridgehead atoms. The summed E-state index contributed by atoms with van der Waals surface area (Å²) in [7, 11) is -3.97. The maximum absolute atomic E-state index is 14.2. The van der Waals surface area contributed by atoms with Crippen LogP contribution < -0.4 is 4.72 Å². The Morgan fingerprint density at radius 2 is 1.75 bits per heavy atom. The summed E-state index contributed by atoms with van der Waals surface area (Å²) in [5, 5.41) is 8.69. The van der Waals surface area contributed by atoms with Crippen molar-refractivity contribution in [3.63, 3.8) is 0 Å². The number of hydrogen-bond acceptors (Lipinski definition) is 4. The van der Waals surface area contributed by atoms with Crippen molar-refractivity contribution in [3.05, 3.63) is 70.8 Å². The largest absolute Gasteiger partial charge is 0.481 e. The Morgan fingerprint density at radius 3 is 2.39 bits per heavy atom. The quantitative estimate of drug-likeness (QED) is 0.687. The van der Waals surface area contributed by atoms with Crippen LogP contribution in [0.5, 0.6) is 0 Å². The van der Waals surface area contributed by atoms with E-state index in [1.807, 2.05) is 0 Å². The van der Waals surface area contributed by atoms with Gasteiger partial charge in [-0.1, -0.05) is 18.2 Å². The summed E-state index contributed by atoms with van der Waals surface area (Å²) in [6.45, 7) is 0. The van der Waals surface area contributed by atoms with E-state index in [1.54, 1.807) is 0 Å². The van der Waals surface area contributed by atoms with Crippen LogP contribution in [-0.4, -0.2) is 25.3 Å². The number of carbonyl (C=O) groups is 2. The van der Waals surface area contributed by atoms with Gasteiger partial charge in [0.15, 0.2) is 0 Å². The second-order valence-electron chi connectivity index (χ2n) is 6.23. The van der Waals surface area contributed by atoms with E-state index in [4.69, 9.17) is 5.11 Å². The summed E-state index contributed by atoms with van der Waals surface area (Å²) in [5.74, 6) is -3.22. The number of halogens is 2. The molecule has 0 saturated heterocycles. The molecule has 1 aliphatic rings. The van der Waals surface area contributed by atoms with E-state index in [9.17, 15) is 26.8 Å². The Morgan fingerprint density at radius 1 is 1.07 bits per heavy atom. The number of fused-ring (bicyclic) bond motifs is 1. The van der Waals surface area contributed by atoms with Crippen LogP contribution in [0.3, 0.4) is 0 Å². The monoisotopic (exact) mass is 407 g/mol. The minimum Gasteiger partial charge on any atom is -0.481 e. The van der Waals surface area contributed by atoms with Gasteiger partial charge in [0.05, 0.1) is 10.9 Å². The predicted molar refractivity (Wildman–Crippen MR) is 95.9 cm³/mol. The van der Waals surface area contributed by atoms with E-state index in [0.717, 1.165) is 30.3 Å². The lowest BCUT2D eigenvalue weighted by molar-refractivity contribution is -0.140. The van der Waals surface area contributed by atoms with E-state index in [2.05, 4.69) is 4.72 Å². The molecule has 6 nitrogen and oxygen atoms in total. The molecular weight excluding hydrogens is 392 g/mol. The van der Waals surface area contributed by atoms with Crippen molar-refractivity contribution in [2.24, 2.45) is 0 Å². The first-order valence-corrected chi connectivity index (χ1v) is 9.66. The first-order valence-electron chi connectivity index (χ1n) is 8.18. The predicted octanol–water partition coefficient (Wildman–Crippen LogP) is 2.60.